The van der Waals surface area contributed by atoms with E-state index < -0.39 is 27.4 Å². The predicted octanol–water partition coefficient (Wildman–Crippen LogP) is -0.842. The van der Waals surface area contributed by atoms with Gasteiger partial charge in [-0.3, -0.25) is 14.9 Å². The summed E-state index contributed by atoms with van der Waals surface area (Å²) in [6.07, 6.45) is 0. The summed E-state index contributed by atoms with van der Waals surface area (Å²) in [5.74, 6) is -0.947. The lowest BCUT2D eigenvalue weighted by Crippen LogP contribution is -2.64. The van der Waals surface area contributed by atoms with E-state index in [4.69, 9.17) is 10.9 Å². The second-order valence-electron chi connectivity index (χ2n) is 5.33. The number of piperazine rings is 1. The zero-order chi connectivity index (χ0) is 16.0. The summed E-state index contributed by atoms with van der Waals surface area (Å²) in [7, 11) is -3.94. The summed E-state index contributed by atoms with van der Waals surface area (Å²) in [6, 6.07) is 4.00. The standard InChI is InChI=1S/C12H16N4O4S/c1-12(2)11(18)15-10(17)6-16(12)8-3-7(13)4-9(5-8)21(14,19)20/h3-5H,6,13H2,1-2H3,(H2,14,19,20)(H,15,17,18). The van der Waals surface area contributed by atoms with Gasteiger partial charge in [-0.15, -0.1) is 0 Å². The Morgan fingerprint density at radius 2 is 1.86 bits per heavy atom. The van der Waals surface area contributed by atoms with Crippen LogP contribution in [-0.2, 0) is 19.6 Å². The molecule has 0 aliphatic carbocycles. The van der Waals surface area contributed by atoms with Crippen LogP contribution in [0.15, 0.2) is 23.1 Å². The maximum absolute atomic E-state index is 11.9. The highest BCUT2D eigenvalue weighted by atomic mass is 32.2. The average molecular weight is 312 g/mol. The number of sulfonamides is 1. The lowest BCUT2D eigenvalue weighted by atomic mass is 9.97. The van der Waals surface area contributed by atoms with Gasteiger partial charge in [-0.25, -0.2) is 13.6 Å². The van der Waals surface area contributed by atoms with Crippen LogP contribution < -0.4 is 21.1 Å². The summed E-state index contributed by atoms with van der Waals surface area (Å²) in [4.78, 5) is 24.8. The Bertz CT molecular complexity index is 727. The van der Waals surface area contributed by atoms with Crippen LogP contribution >= 0.6 is 0 Å². The number of nitrogen functional groups attached to an aromatic ring is 1. The molecule has 1 aliphatic rings. The molecule has 1 aromatic rings. The van der Waals surface area contributed by atoms with E-state index >= 15 is 0 Å². The van der Waals surface area contributed by atoms with Gasteiger partial charge in [0.2, 0.25) is 15.9 Å². The number of carbonyl (C=O) groups is 2. The number of rotatable bonds is 2. The molecule has 8 nitrogen and oxygen atoms in total. The van der Waals surface area contributed by atoms with Gasteiger partial charge in [-0.2, -0.15) is 0 Å². The van der Waals surface area contributed by atoms with Crippen molar-refractivity contribution < 1.29 is 18.0 Å². The van der Waals surface area contributed by atoms with E-state index in [1.54, 1.807) is 13.8 Å². The molecule has 1 heterocycles. The number of nitrogens with one attached hydrogen (secondary N) is 1. The van der Waals surface area contributed by atoms with Crippen molar-refractivity contribution in [3.8, 4) is 0 Å². The number of benzene rings is 1. The molecule has 0 atom stereocenters. The molecule has 9 heteroatoms. The van der Waals surface area contributed by atoms with E-state index in [1.165, 1.54) is 23.1 Å². The van der Waals surface area contributed by atoms with Crippen molar-refractivity contribution >= 4 is 33.2 Å². The van der Waals surface area contributed by atoms with E-state index in [0.29, 0.717) is 5.69 Å². The maximum atomic E-state index is 11.9. The second-order valence-corrected chi connectivity index (χ2v) is 6.89. The van der Waals surface area contributed by atoms with Crippen LogP contribution in [0.5, 0.6) is 0 Å². The minimum Gasteiger partial charge on any atom is -0.399 e. The molecule has 0 spiro atoms. The molecule has 0 bridgehead atoms. The Hall–Kier alpha value is -2.13. The third-order valence-corrected chi connectivity index (χ3v) is 4.23. The van der Waals surface area contributed by atoms with Crippen molar-refractivity contribution in [2.45, 2.75) is 24.3 Å². The van der Waals surface area contributed by atoms with Crippen LogP contribution in [0.1, 0.15) is 13.8 Å². The highest BCUT2D eigenvalue weighted by molar-refractivity contribution is 7.89. The van der Waals surface area contributed by atoms with Gasteiger partial charge >= 0.3 is 0 Å². The van der Waals surface area contributed by atoms with Crippen molar-refractivity contribution in [3.05, 3.63) is 18.2 Å². The molecule has 0 aromatic heterocycles. The van der Waals surface area contributed by atoms with E-state index in [0.717, 1.165) is 0 Å². The molecule has 1 fully saturated rings. The molecule has 1 aromatic carbocycles. The van der Waals surface area contributed by atoms with Gasteiger partial charge in [-0.05, 0) is 32.0 Å². The van der Waals surface area contributed by atoms with Gasteiger partial charge in [0.25, 0.3) is 5.91 Å². The normalized spacial score (nSPS) is 18.5. The number of anilines is 2. The van der Waals surface area contributed by atoms with Gasteiger partial charge in [0.1, 0.15) is 5.54 Å². The topological polar surface area (TPSA) is 136 Å². The summed E-state index contributed by atoms with van der Waals surface area (Å²) in [6.45, 7) is 3.15. The summed E-state index contributed by atoms with van der Waals surface area (Å²) < 4.78 is 22.9. The van der Waals surface area contributed by atoms with Crippen molar-refractivity contribution in [3.63, 3.8) is 0 Å². The Morgan fingerprint density at radius 3 is 2.43 bits per heavy atom. The monoisotopic (exact) mass is 312 g/mol. The number of nitrogens with zero attached hydrogens (tertiary/aromatic N) is 1. The maximum Gasteiger partial charge on any atom is 0.251 e. The molecule has 2 amide bonds. The molecule has 1 aliphatic heterocycles. The van der Waals surface area contributed by atoms with Gasteiger partial charge in [0, 0.05) is 11.4 Å². The van der Waals surface area contributed by atoms with Gasteiger partial charge in [0.05, 0.1) is 11.4 Å². The van der Waals surface area contributed by atoms with Crippen molar-refractivity contribution in [2.75, 3.05) is 17.2 Å². The zero-order valence-corrected chi connectivity index (χ0v) is 12.4. The summed E-state index contributed by atoms with van der Waals surface area (Å²) in [5.41, 5.74) is 5.17. The largest absolute Gasteiger partial charge is 0.399 e. The SMILES string of the molecule is CC1(C)C(=O)NC(=O)CN1c1cc(N)cc(S(N)(=O)=O)c1. The van der Waals surface area contributed by atoms with Crippen molar-refractivity contribution in [1.82, 2.24) is 5.32 Å². The van der Waals surface area contributed by atoms with Gasteiger partial charge in [0.15, 0.2) is 0 Å². The first-order valence-corrected chi connectivity index (χ1v) is 7.62. The molecule has 0 unspecified atom stereocenters. The number of nitrogens with two attached hydrogens (primary N) is 2. The summed E-state index contributed by atoms with van der Waals surface area (Å²) in [5, 5.41) is 7.33. The third-order valence-electron chi connectivity index (χ3n) is 3.34. The smallest absolute Gasteiger partial charge is 0.251 e. The number of carbonyl (C=O) groups excluding carboxylic acids is 2. The van der Waals surface area contributed by atoms with Crippen molar-refractivity contribution in [1.29, 1.82) is 0 Å². The van der Waals surface area contributed by atoms with Gasteiger partial charge < -0.3 is 10.6 Å². The lowest BCUT2D eigenvalue weighted by Gasteiger charge is -2.41. The predicted molar refractivity (Wildman–Crippen MR) is 76.8 cm³/mol. The first kappa shape index (κ1) is 15.3. The average Bonchev–Trinajstić information content (AvgIpc) is 2.32. The Kier molecular flexibility index (Phi) is 3.42. The Morgan fingerprint density at radius 1 is 1.24 bits per heavy atom. The number of amides is 2. The fourth-order valence-electron chi connectivity index (χ4n) is 2.12. The van der Waals surface area contributed by atoms with E-state index in [9.17, 15) is 18.0 Å². The highest BCUT2D eigenvalue weighted by Crippen LogP contribution is 2.30. The van der Waals surface area contributed by atoms with Crippen LogP contribution in [0, 0.1) is 0 Å². The van der Waals surface area contributed by atoms with Crippen molar-refractivity contribution in [2.24, 2.45) is 5.14 Å². The molecular formula is C12H16N4O4S. The fraction of sp³-hybridized carbons (Fsp3) is 0.333. The molecule has 114 valence electrons. The molecule has 5 N–H and O–H groups in total. The number of imide groups is 1. The first-order chi connectivity index (χ1) is 9.51. The third kappa shape index (κ3) is 2.83. The molecule has 1 saturated heterocycles. The molecule has 21 heavy (non-hydrogen) atoms. The molecular weight excluding hydrogens is 296 g/mol. The fourth-order valence-corrected chi connectivity index (χ4v) is 2.71. The Labute approximate surface area is 122 Å². The van der Waals surface area contributed by atoms with E-state index in [-0.39, 0.29) is 17.1 Å². The molecule has 2 rings (SSSR count). The number of hydrogen-bond donors (Lipinski definition) is 3. The van der Waals surface area contributed by atoms with Crippen LogP contribution in [-0.4, -0.2) is 32.3 Å². The zero-order valence-electron chi connectivity index (χ0n) is 11.6. The van der Waals surface area contributed by atoms with Crippen LogP contribution in [0.25, 0.3) is 0 Å². The Balaban J connectivity index is 2.57. The number of primary sulfonamides is 1. The van der Waals surface area contributed by atoms with E-state index in [2.05, 4.69) is 5.32 Å². The quantitative estimate of drug-likeness (QED) is 0.481. The lowest BCUT2D eigenvalue weighted by molar-refractivity contribution is -0.135. The van der Waals surface area contributed by atoms with Crippen LogP contribution in [0.4, 0.5) is 11.4 Å². The minimum absolute atomic E-state index is 0.0910. The highest BCUT2D eigenvalue weighted by Gasteiger charge is 2.41. The molecule has 0 saturated carbocycles. The number of hydrogen-bond acceptors (Lipinski definition) is 6. The van der Waals surface area contributed by atoms with Crippen LogP contribution in [0.2, 0.25) is 0 Å². The summed E-state index contributed by atoms with van der Waals surface area (Å²) >= 11 is 0. The molecule has 0 radical (unpaired) electrons. The minimum atomic E-state index is -3.94. The second kappa shape index (κ2) is 4.71. The van der Waals surface area contributed by atoms with Crippen LogP contribution in [0.3, 0.4) is 0 Å². The van der Waals surface area contributed by atoms with E-state index in [1.807, 2.05) is 0 Å². The van der Waals surface area contributed by atoms with Gasteiger partial charge in [-0.1, -0.05) is 0 Å². The first-order valence-electron chi connectivity index (χ1n) is 6.07.